The van der Waals surface area contributed by atoms with Crippen LogP contribution in [0.3, 0.4) is 0 Å². The van der Waals surface area contributed by atoms with Gasteiger partial charge >= 0.3 is 0 Å². The van der Waals surface area contributed by atoms with E-state index >= 15 is 0 Å². The van der Waals surface area contributed by atoms with Crippen molar-refractivity contribution in [1.82, 2.24) is 0 Å². The first kappa shape index (κ1) is 8.52. The van der Waals surface area contributed by atoms with Gasteiger partial charge in [-0.3, -0.25) is 0 Å². The van der Waals surface area contributed by atoms with Gasteiger partial charge in [-0.15, -0.1) is 0 Å². The van der Waals surface area contributed by atoms with Crippen LogP contribution in [0.5, 0.6) is 0 Å². The number of hydrogen-bond donors (Lipinski definition) is 0. The van der Waals surface area contributed by atoms with Crippen LogP contribution in [0.2, 0.25) is 0 Å². The highest BCUT2D eigenvalue weighted by Gasteiger charge is 1.99. The second-order valence-corrected chi connectivity index (χ2v) is 56.5. The Morgan fingerprint density at radius 1 is 0.857 bits per heavy atom. The molecule has 0 N–H and O–H groups in total. The van der Waals surface area contributed by atoms with Crippen LogP contribution in [-0.4, -0.2) is 62.3 Å². The van der Waals surface area contributed by atoms with Crippen LogP contribution in [0.4, 0.5) is 0 Å². The van der Waals surface area contributed by atoms with Crippen LogP contribution in [0.25, 0.3) is 0 Å². The average Bonchev–Trinajstić information content (AvgIpc) is 1.72. The van der Waals surface area contributed by atoms with Crippen LogP contribution < -0.4 is 0 Å². The standard InChI is InChI=1S/H16Si7/c1-4-7(5-2)6-3/h7H,4-6H2,1-3H3. The van der Waals surface area contributed by atoms with E-state index in [4.69, 9.17) is 0 Å². The Kier molecular flexibility index (Phi) is 6.88. The van der Waals surface area contributed by atoms with Crippen LogP contribution in [0, 0.1) is 0 Å². The monoisotopic (exact) mass is 212 g/mol. The van der Waals surface area contributed by atoms with E-state index in [2.05, 4.69) is 0 Å². The molecule has 0 saturated carbocycles. The van der Waals surface area contributed by atoms with Gasteiger partial charge in [0.25, 0.3) is 0 Å². The van der Waals surface area contributed by atoms with Gasteiger partial charge in [-0.05, 0) is 62.3 Å². The Balaban J connectivity index is 2.99. The molecule has 0 aromatic rings. The summed E-state index contributed by atoms with van der Waals surface area (Å²) >= 11 is 0. The highest BCUT2D eigenvalue weighted by atomic mass is 30.1. The van der Waals surface area contributed by atoms with E-state index in [1.54, 1.807) is 29.3 Å². The summed E-state index contributed by atoms with van der Waals surface area (Å²) in [4.78, 5) is 0. The molecule has 0 atom stereocenters. The summed E-state index contributed by atoms with van der Waals surface area (Å²) in [5.41, 5.74) is 0. The minimum Gasteiger partial charge on any atom is -0.0119 e. The molecule has 7 heteroatoms. The lowest BCUT2D eigenvalue weighted by Crippen LogP contribution is -2.38. The first-order chi connectivity index (χ1) is 3.35. The lowest BCUT2D eigenvalue weighted by atomic mass is 26.1. The van der Waals surface area contributed by atoms with E-state index in [1.807, 2.05) is 0 Å². The minimum atomic E-state index is 0.431. The Hall–Kier alpha value is 1.52. The van der Waals surface area contributed by atoms with Gasteiger partial charge < -0.3 is 0 Å². The molecule has 0 spiro atoms. The third-order valence-corrected chi connectivity index (χ3v) is 140. The SMILES string of the molecule is [SiH3][SiH2][SiH]([SiH2][SiH3])[SiH2][SiH3]. The topological polar surface area (TPSA) is 0 Å². The van der Waals surface area contributed by atoms with E-state index in [9.17, 15) is 0 Å². The molecule has 44 valence electrons. The maximum Gasteiger partial charge on any atom is -0.00709 e. The molecule has 0 nitrogen and oxygen atoms in total. The molecule has 0 unspecified atom stereocenters. The van der Waals surface area contributed by atoms with Crippen molar-refractivity contribution in [3.8, 4) is 0 Å². The van der Waals surface area contributed by atoms with Crippen molar-refractivity contribution >= 4 is 62.3 Å². The Labute approximate surface area is 62.3 Å². The molecule has 0 radical (unpaired) electrons. The molecule has 0 rings (SSSR count). The molecule has 0 aromatic heterocycles. The average molecular weight is 213 g/mol. The fourth-order valence-corrected chi connectivity index (χ4v) is 210. The van der Waals surface area contributed by atoms with E-state index < -0.39 is 0 Å². The van der Waals surface area contributed by atoms with Crippen LogP contribution >= 0.6 is 0 Å². The van der Waals surface area contributed by atoms with Crippen LogP contribution in [0.1, 0.15) is 0 Å². The minimum absolute atomic E-state index is 0.431. The molecule has 0 fully saturated rings. The van der Waals surface area contributed by atoms with Gasteiger partial charge in [0.05, 0.1) is 0 Å². The molecule has 0 aliphatic heterocycles. The molecule has 0 aromatic carbocycles. The molecule has 0 saturated heterocycles. The van der Waals surface area contributed by atoms with Gasteiger partial charge in [0.15, 0.2) is 0 Å². The van der Waals surface area contributed by atoms with Gasteiger partial charge in [-0.25, -0.2) is 0 Å². The van der Waals surface area contributed by atoms with Gasteiger partial charge in [-0.2, -0.15) is 0 Å². The van der Waals surface area contributed by atoms with E-state index in [0.29, 0.717) is 7.35 Å². The van der Waals surface area contributed by atoms with Crippen molar-refractivity contribution in [1.29, 1.82) is 0 Å². The zero-order valence-corrected chi connectivity index (χ0v) is 17.1. The Morgan fingerprint density at radius 2 is 1.14 bits per heavy atom. The predicted octanol–water partition coefficient (Wildman–Crippen LogP) is -6.95. The van der Waals surface area contributed by atoms with Crippen molar-refractivity contribution < 1.29 is 0 Å². The van der Waals surface area contributed by atoms with Gasteiger partial charge in [-0.1, -0.05) is 0 Å². The predicted molar refractivity (Wildman–Crippen MR) is 62.6 cm³/mol. The molecular weight excluding hydrogens is 197 g/mol. The van der Waals surface area contributed by atoms with Crippen LogP contribution in [0.15, 0.2) is 0 Å². The van der Waals surface area contributed by atoms with Crippen molar-refractivity contribution in [2.45, 2.75) is 0 Å². The van der Waals surface area contributed by atoms with E-state index in [-0.39, 0.29) is 0 Å². The van der Waals surface area contributed by atoms with Gasteiger partial charge in [0, 0.05) is 0 Å². The Morgan fingerprint density at radius 3 is 1.14 bits per heavy atom. The summed E-state index contributed by atoms with van der Waals surface area (Å²) in [6.45, 7) is 0. The number of hydrogen-bond acceptors (Lipinski definition) is 0. The second-order valence-electron chi connectivity index (χ2n) is 2.09. The van der Waals surface area contributed by atoms with E-state index in [1.165, 1.54) is 0 Å². The summed E-state index contributed by atoms with van der Waals surface area (Å²) in [5.74, 6) is 0. The normalized spacial score (nSPS) is 20.6. The first-order valence-corrected chi connectivity index (χ1v) is 30.1. The van der Waals surface area contributed by atoms with E-state index in [0.717, 1.165) is 25.7 Å². The molecule has 0 bridgehead atoms. The zero-order valence-electron chi connectivity index (χ0n) is 5.70. The molecule has 0 amide bonds. The molecule has 7 heavy (non-hydrogen) atoms. The lowest BCUT2D eigenvalue weighted by Gasteiger charge is -2.01. The van der Waals surface area contributed by atoms with Gasteiger partial charge in [0.2, 0.25) is 0 Å². The molecular formula is H16Si7. The fraction of sp³-hybridized carbons (Fsp3) is 0. The summed E-state index contributed by atoms with van der Waals surface area (Å²) in [6.07, 6.45) is 0. The first-order valence-electron chi connectivity index (χ1n) is 3.35. The maximum absolute atomic E-state index is 1.71. The Bertz CT molecular complexity index is 21.5. The number of rotatable bonds is 3. The quantitative estimate of drug-likeness (QED) is 0.408. The highest BCUT2D eigenvalue weighted by molar-refractivity contribution is 7.76. The summed E-state index contributed by atoms with van der Waals surface area (Å²) in [5, 5.41) is 0. The summed E-state index contributed by atoms with van der Waals surface area (Å²) < 4.78 is 0. The highest BCUT2D eigenvalue weighted by Crippen LogP contribution is 1.62. The molecule has 0 aliphatic rings. The van der Waals surface area contributed by atoms with Crippen LogP contribution in [-0.2, 0) is 0 Å². The summed E-state index contributed by atoms with van der Waals surface area (Å²) in [6, 6.07) is 0. The fourth-order valence-electron chi connectivity index (χ4n) is 0.866. The van der Waals surface area contributed by atoms with Gasteiger partial charge in [0.1, 0.15) is 0 Å². The zero-order chi connectivity index (χ0) is 5.70. The third-order valence-electron chi connectivity index (χ3n) is 1.73. The molecule has 0 aliphatic carbocycles. The van der Waals surface area contributed by atoms with Crippen molar-refractivity contribution in [2.24, 2.45) is 0 Å². The summed E-state index contributed by atoms with van der Waals surface area (Å²) in [7, 11) is 7.94. The second kappa shape index (κ2) is 5.65. The third kappa shape index (κ3) is 4.05. The van der Waals surface area contributed by atoms with Crippen molar-refractivity contribution in [2.75, 3.05) is 0 Å². The van der Waals surface area contributed by atoms with Crippen molar-refractivity contribution in [3.05, 3.63) is 0 Å². The smallest absolute Gasteiger partial charge is 0.00709 e. The van der Waals surface area contributed by atoms with Crippen molar-refractivity contribution in [3.63, 3.8) is 0 Å². The lowest BCUT2D eigenvalue weighted by molar-refractivity contribution is 3.75. The largest absolute Gasteiger partial charge is 0.0119 e. The molecule has 0 heterocycles. The maximum atomic E-state index is 1.71.